The van der Waals surface area contributed by atoms with Gasteiger partial charge in [0.1, 0.15) is 17.6 Å². The van der Waals surface area contributed by atoms with Gasteiger partial charge in [0, 0.05) is 23.8 Å². The number of amides is 2. The predicted molar refractivity (Wildman–Crippen MR) is 124 cm³/mol. The number of nitrogens with zero attached hydrogens (tertiary/aromatic N) is 3. The summed E-state index contributed by atoms with van der Waals surface area (Å²) < 4.78 is 13.7. The Morgan fingerprint density at radius 2 is 1.79 bits per heavy atom. The summed E-state index contributed by atoms with van der Waals surface area (Å²) in [6.07, 6.45) is 4.27. The lowest BCUT2D eigenvalue weighted by molar-refractivity contribution is -0.126. The summed E-state index contributed by atoms with van der Waals surface area (Å²) in [6.45, 7) is 0.484. The van der Waals surface area contributed by atoms with E-state index in [9.17, 15) is 14.0 Å². The molecule has 4 rings (SSSR count). The molecule has 0 bridgehead atoms. The molecule has 1 atom stereocenters. The molecule has 166 valence electrons. The highest BCUT2D eigenvalue weighted by Gasteiger charge is 2.33. The number of hydrogen-bond donors (Lipinski definition) is 1. The van der Waals surface area contributed by atoms with E-state index in [4.69, 9.17) is 0 Å². The van der Waals surface area contributed by atoms with Crippen LogP contribution in [0.1, 0.15) is 32.5 Å². The van der Waals surface area contributed by atoms with Crippen molar-refractivity contribution in [3.63, 3.8) is 0 Å². The van der Waals surface area contributed by atoms with E-state index in [1.807, 2.05) is 47.8 Å². The van der Waals surface area contributed by atoms with Gasteiger partial charge in [-0.3, -0.25) is 14.6 Å². The first-order valence-corrected chi connectivity index (χ1v) is 11.2. The zero-order valence-electron chi connectivity index (χ0n) is 17.6. The maximum atomic E-state index is 13.7. The molecule has 0 saturated carbocycles. The number of carbonyl (C=O) groups excluding carboxylic acids is 2. The van der Waals surface area contributed by atoms with Crippen LogP contribution in [0.15, 0.2) is 90.7 Å². The third-order valence-electron chi connectivity index (χ3n) is 5.00. The lowest BCUT2D eigenvalue weighted by Crippen LogP contribution is -2.43. The van der Waals surface area contributed by atoms with Crippen LogP contribution in [0, 0.1) is 5.82 Å². The van der Waals surface area contributed by atoms with Crippen LogP contribution >= 0.6 is 11.3 Å². The molecule has 0 radical (unpaired) electrons. The molecular formula is C25H21FN4O2S. The van der Waals surface area contributed by atoms with Gasteiger partial charge in [0.05, 0.1) is 12.7 Å². The monoisotopic (exact) mass is 460 g/mol. The Bertz CT molecular complexity index is 1190. The van der Waals surface area contributed by atoms with Gasteiger partial charge in [0.25, 0.3) is 5.91 Å². The molecule has 0 aliphatic heterocycles. The Kier molecular flexibility index (Phi) is 7.16. The number of benzene rings is 2. The quantitative estimate of drug-likeness (QED) is 0.424. The second-order valence-electron chi connectivity index (χ2n) is 7.26. The van der Waals surface area contributed by atoms with Gasteiger partial charge in [-0.1, -0.05) is 48.5 Å². The van der Waals surface area contributed by atoms with Crippen molar-refractivity contribution in [3.8, 4) is 0 Å². The molecule has 0 unspecified atom stereocenters. The van der Waals surface area contributed by atoms with E-state index in [0.29, 0.717) is 12.1 Å². The minimum atomic E-state index is -0.995. The highest BCUT2D eigenvalue weighted by Crippen LogP contribution is 2.27. The van der Waals surface area contributed by atoms with Crippen molar-refractivity contribution in [3.05, 3.63) is 118 Å². The van der Waals surface area contributed by atoms with Crippen molar-refractivity contribution < 1.29 is 14.0 Å². The number of aromatic nitrogens is 2. The summed E-state index contributed by atoms with van der Waals surface area (Å²) in [5, 5.41) is 4.82. The maximum absolute atomic E-state index is 13.7. The average Bonchev–Trinajstić information content (AvgIpc) is 3.37. The molecule has 0 saturated heterocycles. The van der Waals surface area contributed by atoms with Crippen molar-refractivity contribution >= 4 is 23.2 Å². The molecule has 2 heterocycles. The normalized spacial score (nSPS) is 11.5. The highest BCUT2D eigenvalue weighted by atomic mass is 32.1. The summed E-state index contributed by atoms with van der Waals surface area (Å²) in [5.74, 6) is -1.24. The molecule has 0 fully saturated rings. The SMILES string of the molecule is O=C(NCc1ccccc1)[C@H](c1ccc(F)cc1)N(Cc1cccs1)C(=O)c1cnccn1. The van der Waals surface area contributed by atoms with Gasteiger partial charge in [-0.05, 0) is 34.7 Å². The number of nitrogens with one attached hydrogen (secondary N) is 1. The maximum Gasteiger partial charge on any atom is 0.275 e. The fourth-order valence-electron chi connectivity index (χ4n) is 3.41. The first-order chi connectivity index (χ1) is 16.1. The van der Waals surface area contributed by atoms with E-state index in [1.54, 1.807) is 0 Å². The van der Waals surface area contributed by atoms with Gasteiger partial charge in [0.15, 0.2) is 0 Å². The van der Waals surface area contributed by atoms with Crippen LogP contribution < -0.4 is 5.32 Å². The van der Waals surface area contributed by atoms with Gasteiger partial charge >= 0.3 is 0 Å². The molecule has 0 aliphatic carbocycles. The summed E-state index contributed by atoms with van der Waals surface area (Å²) in [7, 11) is 0. The Hall–Kier alpha value is -3.91. The van der Waals surface area contributed by atoms with Gasteiger partial charge in [-0.15, -0.1) is 11.3 Å². The third kappa shape index (κ3) is 5.67. The minimum absolute atomic E-state index is 0.122. The molecule has 8 heteroatoms. The van der Waals surface area contributed by atoms with Crippen molar-refractivity contribution in [2.75, 3.05) is 0 Å². The molecule has 0 aliphatic rings. The number of thiophene rings is 1. The van der Waals surface area contributed by atoms with Crippen LogP contribution in [0.3, 0.4) is 0 Å². The lowest BCUT2D eigenvalue weighted by Gasteiger charge is -2.31. The standard InChI is InChI=1S/C25H21FN4O2S/c26-20-10-8-19(9-11-20)23(24(31)29-15-18-5-2-1-3-6-18)30(17-21-7-4-14-33-21)25(32)22-16-27-12-13-28-22/h1-14,16,23H,15,17H2,(H,29,31)/t23-/m0/s1. The second-order valence-corrected chi connectivity index (χ2v) is 8.29. The van der Waals surface area contributed by atoms with Crippen LogP contribution in [0.5, 0.6) is 0 Å². The van der Waals surface area contributed by atoms with E-state index >= 15 is 0 Å². The van der Waals surface area contributed by atoms with E-state index in [2.05, 4.69) is 15.3 Å². The number of halogens is 1. The third-order valence-corrected chi connectivity index (χ3v) is 5.87. The van der Waals surface area contributed by atoms with Crippen molar-refractivity contribution in [1.82, 2.24) is 20.2 Å². The predicted octanol–water partition coefficient (Wildman–Crippen LogP) is 4.38. The number of rotatable bonds is 8. The second kappa shape index (κ2) is 10.6. The molecule has 1 N–H and O–H groups in total. The topological polar surface area (TPSA) is 75.2 Å². The zero-order valence-corrected chi connectivity index (χ0v) is 18.4. The lowest BCUT2D eigenvalue weighted by atomic mass is 10.0. The number of carbonyl (C=O) groups is 2. The number of hydrogen-bond acceptors (Lipinski definition) is 5. The summed E-state index contributed by atoms with van der Waals surface area (Å²) >= 11 is 1.48. The minimum Gasteiger partial charge on any atom is -0.350 e. The average molecular weight is 461 g/mol. The smallest absolute Gasteiger partial charge is 0.275 e. The summed E-state index contributed by atoms with van der Waals surface area (Å²) in [4.78, 5) is 37.5. The van der Waals surface area contributed by atoms with Crippen LogP contribution in [0.4, 0.5) is 4.39 Å². The van der Waals surface area contributed by atoms with Gasteiger partial charge in [0.2, 0.25) is 5.91 Å². The van der Waals surface area contributed by atoms with E-state index in [1.165, 1.54) is 59.1 Å². The molecular weight excluding hydrogens is 439 g/mol. The summed E-state index contributed by atoms with van der Waals surface area (Å²) in [6, 6.07) is 17.9. The Balaban J connectivity index is 1.70. The van der Waals surface area contributed by atoms with Crippen molar-refractivity contribution in [2.24, 2.45) is 0 Å². The van der Waals surface area contributed by atoms with E-state index < -0.39 is 17.8 Å². The molecule has 2 aromatic carbocycles. The van der Waals surface area contributed by atoms with Crippen LogP contribution in [0.2, 0.25) is 0 Å². The van der Waals surface area contributed by atoms with Crippen LogP contribution in [-0.4, -0.2) is 26.7 Å². The first kappa shape index (κ1) is 22.3. The zero-order chi connectivity index (χ0) is 23.0. The van der Waals surface area contributed by atoms with Crippen molar-refractivity contribution in [1.29, 1.82) is 0 Å². The molecule has 6 nitrogen and oxygen atoms in total. The van der Waals surface area contributed by atoms with Gasteiger partial charge in [-0.25, -0.2) is 9.37 Å². The Morgan fingerprint density at radius 3 is 2.45 bits per heavy atom. The van der Waals surface area contributed by atoms with Crippen LogP contribution in [0.25, 0.3) is 0 Å². The fraction of sp³-hybridized carbons (Fsp3) is 0.120. The molecule has 4 aromatic rings. The fourth-order valence-corrected chi connectivity index (χ4v) is 4.11. The largest absolute Gasteiger partial charge is 0.350 e. The van der Waals surface area contributed by atoms with Crippen LogP contribution in [-0.2, 0) is 17.9 Å². The van der Waals surface area contributed by atoms with Gasteiger partial charge < -0.3 is 10.2 Å². The van der Waals surface area contributed by atoms with E-state index in [0.717, 1.165) is 10.4 Å². The molecule has 2 amide bonds. The van der Waals surface area contributed by atoms with Gasteiger partial charge in [-0.2, -0.15) is 0 Å². The first-order valence-electron chi connectivity index (χ1n) is 10.3. The molecule has 33 heavy (non-hydrogen) atoms. The summed E-state index contributed by atoms with van der Waals surface area (Å²) in [5.41, 5.74) is 1.54. The Morgan fingerprint density at radius 1 is 1.00 bits per heavy atom. The molecule has 0 spiro atoms. The highest BCUT2D eigenvalue weighted by molar-refractivity contribution is 7.09. The molecule has 2 aromatic heterocycles. The van der Waals surface area contributed by atoms with E-state index in [-0.39, 0.29) is 18.1 Å². The van der Waals surface area contributed by atoms with Crippen molar-refractivity contribution in [2.45, 2.75) is 19.1 Å². The Labute approximate surface area is 194 Å².